The number of fused-ring (bicyclic) bond motifs is 1. The van der Waals surface area contributed by atoms with Crippen LogP contribution < -0.4 is 15.5 Å². The number of nitrogens with zero attached hydrogens (tertiary/aromatic N) is 8. The third-order valence-electron chi connectivity index (χ3n) is 8.32. The fourth-order valence-corrected chi connectivity index (χ4v) is 6.27. The first-order valence-corrected chi connectivity index (χ1v) is 15.1. The van der Waals surface area contributed by atoms with Gasteiger partial charge in [-0.15, -0.1) is 0 Å². The molecule has 0 radical (unpaired) electrons. The molecule has 0 spiro atoms. The molecule has 44 heavy (non-hydrogen) atoms. The fourth-order valence-electron chi connectivity index (χ4n) is 6.14. The van der Waals surface area contributed by atoms with E-state index in [4.69, 9.17) is 37.0 Å². The number of anilines is 2. The maximum atomic E-state index is 12.6. The molecular formula is C31H34ClN9O3. The Morgan fingerprint density at radius 3 is 2.52 bits per heavy atom. The van der Waals surface area contributed by atoms with E-state index in [1.807, 2.05) is 35.4 Å². The molecule has 12 nitrogen and oxygen atoms in total. The standard InChI is InChI=1S/C31H34ClN9O3/c1-19(2)44-31(29(34)43)11-14-39(15-12-31)27-25-28(38-30(37-27)40-13-3-4-24(40)18-42)41(23-9-6-21(32)7-10-23)26(36-25)20-5-8-22(16-33)35-17-20/h5-10,17,19,24,42H,3-4,11-15,18H2,1-2H3,(H2,34,43)/t24-/m0/s1. The summed E-state index contributed by atoms with van der Waals surface area (Å²) < 4.78 is 8.02. The number of aliphatic hydroxyl groups excluding tert-OH is 1. The molecule has 13 heteroatoms. The van der Waals surface area contributed by atoms with Crippen molar-refractivity contribution in [2.24, 2.45) is 5.73 Å². The van der Waals surface area contributed by atoms with Gasteiger partial charge < -0.3 is 25.4 Å². The zero-order chi connectivity index (χ0) is 31.0. The summed E-state index contributed by atoms with van der Waals surface area (Å²) in [6.07, 6.45) is 4.01. The summed E-state index contributed by atoms with van der Waals surface area (Å²) in [5.74, 6) is 1.21. The molecule has 5 heterocycles. The monoisotopic (exact) mass is 615 g/mol. The van der Waals surface area contributed by atoms with E-state index in [1.54, 1.807) is 30.5 Å². The number of nitrogens with two attached hydrogens (primary N) is 1. The van der Waals surface area contributed by atoms with E-state index in [0.717, 1.165) is 18.5 Å². The van der Waals surface area contributed by atoms with E-state index in [9.17, 15) is 15.2 Å². The minimum Gasteiger partial charge on any atom is -0.394 e. The normalized spacial score (nSPS) is 18.2. The van der Waals surface area contributed by atoms with Crippen molar-refractivity contribution in [3.63, 3.8) is 0 Å². The van der Waals surface area contributed by atoms with Gasteiger partial charge in [0, 0.05) is 54.9 Å². The average molecular weight is 616 g/mol. The second-order valence-electron chi connectivity index (χ2n) is 11.5. The molecule has 1 aromatic carbocycles. The number of hydrogen-bond acceptors (Lipinski definition) is 10. The zero-order valence-corrected chi connectivity index (χ0v) is 25.4. The molecule has 0 aliphatic carbocycles. The third-order valence-corrected chi connectivity index (χ3v) is 8.58. The number of ether oxygens (including phenoxy) is 1. The number of nitriles is 1. The maximum absolute atomic E-state index is 12.6. The van der Waals surface area contributed by atoms with Crippen LogP contribution in [0.1, 0.15) is 45.2 Å². The number of hydrogen-bond donors (Lipinski definition) is 2. The van der Waals surface area contributed by atoms with Gasteiger partial charge in [-0.2, -0.15) is 15.2 Å². The SMILES string of the molecule is CC(C)OC1(C(N)=O)CCN(c2nc(N3CCC[C@H]3CO)nc3c2nc(-c2ccc(C#N)nc2)n3-c2ccc(Cl)cc2)CC1. The number of amides is 1. The first kappa shape index (κ1) is 29.7. The molecule has 3 aromatic heterocycles. The number of imidazole rings is 1. The van der Waals surface area contributed by atoms with Crippen molar-refractivity contribution in [3.8, 4) is 23.1 Å². The lowest BCUT2D eigenvalue weighted by molar-refractivity contribution is -0.153. The Morgan fingerprint density at radius 1 is 1.16 bits per heavy atom. The van der Waals surface area contributed by atoms with E-state index < -0.39 is 11.5 Å². The van der Waals surface area contributed by atoms with E-state index >= 15 is 0 Å². The Labute approximate surface area is 260 Å². The van der Waals surface area contributed by atoms with Crippen LogP contribution in [0.5, 0.6) is 0 Å². The number of rotatable bonds is 8. The topological polar surface area (TPSA) is 159 Å². The van der Waals surface area contributed by atoms with Gasteiger partial charge in [0.2, 0.25) is 11.9 Å². The van der Waals surface area contributed by atoms with E-state index in [0.29, 0.717) is 77.5 Å². The highest BCUT2D eigenvalue weighted by Crippen LogP contribution is 2.37. The van der Waals surface area contributed by atoms with Gasteiger partial charge >= 0.3 is 0 Å². The number of aliphatic hydroxyl groups is 1. The van der Waals surface area contributed by atoms with Crippen LogP contribution in [-0.2, 0) is 9.53 Å². The van der Waals surface area contributed by atoms with Crippen molar-refractivity contribution in [2.45, 2.75) is 57.3 Å². The van der Waals surface area contributed by atoms with Gasteiger partial charge in [-0.25, -0.2) is 9.97 Å². The molecule has 1 amide bonds. The van der Waals surface area contributed by atoms with Gasteiger partial charge in [0.1, 0.15) is 23.2 Å². The lowest BCUT2D eigenvalue weighted by Gasteiger charge is -2.41. The Bertz CT molecular complexity index is 1710. The van der Waals surface area contributed by atoms with E-state index in [-0.39, 0.29) is 18.8 Å². The van der Waals surface area contributed by atoms with Crippen molar-refractivity contribution in [1.82, 2.24) is 24.5 Å². The summed E-state index contributed by atoms with van der Waals surface area (Å²) in [6.45, 7) is 5.43. The van der Waals surface area contributed by atoms with E-state index in [2.05, 4.69) is 16.0 Å². The zero-order valence-electron chi connectivity index (χ0n) is 24.6. The van der Waals surface area contributed by atoms with Gasteiger partial charge in [-0.05, 0) is 63.1 Å². The number of carbonyl (C=O) groups excluding carboxylic acids is 1. The number of benzene rings is 1. The van der Waals surface area contributed by atoms with Gasteiger partial charge in [0.05, 0.1) is 18.8 Å². The second kappa shape index (κ2) is 12.0. The minimum absolute atomic E-state index is 0.00722. The molecule has 2 fully saturated rings. The Hall–Kier alpha value is -4.31. The molecule has 0 saturated carbocycles. The van der Waals surface area contributed by atoms with Crippen LogP contribution in [0, 0.1) is 11.3 Å². The number of aromatic nitrogens is 5. The largest absolute Gasteiger partial charge is 0.394 e. The summed E-state index contributed by atoms with van der Waals surface area (Å²) in [4.78, 5) is 36.2. The van der Waals surface area contributed by atoms with Crippen molar-refractivity contribution >= 4 is 40.4 Å². The van der Waals surface area contributed by atoms with Crippen molar-refractivity contribution in [1.29, 1.82) is 5.26 Å². The molecule has 2 aliphatic rings. The maximum Gasteiger partial charge on any atom is 0.249 e. The number of pyridine rings is 1. The number of piperidine rings is 1. The lowest BCUT2D eigenvalue weighted by atomic mass is 9.90. The highest BCUT2D eigenvalue weighted by atomic mass is 35.5. The quantitative estimate of drug-likeness (QED) is 0.300. The predicted octanol–water partition coefficient (Wildman–Crippen LogP) is 3.61. The predicted molar refractivity (Wildman–Crippen MR) is 167 cm³/mol. The highest BCUT2D eigenvalue weighted by Gasteiger charge is 2.43. The third kappa shape index (κ3) is 5.43. The van der Waals surface area contributed by atoms with Crippen LogP contribution in [0.4, 0.5) is 11.8 Å². The first-order chi connectivity index (χ1) is 21.2. The van der Waals surface area contributed by atoms with Crippen molar-refractivity contribution < 1.29 is 14.6 Å². The Balaban J connectivity index is 1.55. The molecule has 0 unspecified atom stereocenters. The smallest absolute Gasteiger partial charge is 0.249 e. The summed E-state index contributed by atoms with van der Waals surface area (Å²) in [5.41, 5.74) is 7.71. The number of halogens is 1. The van der Waals surface area contributed by atoms with Crippen LogP contribution in [0.25, 0.3) is 28.2 Å². The highest BCUT2D eigenvalue weighted by molar-refractivity contribution is 6.30. The van der Waals surface area contributed by atoms with Crippen LogP contribution in [0.3, 0.4) is 0 Å². The molecule has 6 rings (SSSR count). The van der Waals surface area contributed by atoms with E-state index in [1.165, 1.54) is 0 Å². The number of primary amides is 1. The molecular weight excluding hydrogens is 582 g/mol. The summed E-state index contributed by atoms with van der Waals surface area (Å²) >= 11 is 6.26. The summed E-state index contributed by atoms with van der Waals surface area (Å²) in [5, 5.41) is 20.0. The molecule has 0 bridgehead atoms. The molecule has 2 saturated heterocycles. The lowest BCUT2D eigenvalue weighted by Crippen LogP contribution is -2.55. The Morgan fingerprint density at radius 2 is 1.91 bits per heavy atom. The van der Waals surface area contributed by atoms with Gasteiger partial charge in [-0.1, -0.05) is 11.6 Å². The molecule has 228 valence electrons. The van der Waals surface area contributed by atoms with Gasteiger partial charge in [0.25, 0.3) is 0 Å². The molecule has 4 aromatic rings. The van der Waals surface area contributed by atoms with Crippen LogP contribution in [0.2, 0.25) is 5.02 Å². The molecule has 2 aliphatic heterocycles. The first-order valence-electron chi connectivity index (χ1n) is 14.8. The molecule has 1 atom stereocenters. The van der Waals surface area contributed by atoms with Crippen LogP contribution >= 0.6 is 11.6 Å². The second-order valence-corrected chi connectivity index (χ2v) is 11.9. The van der Waals surface area contributed by atoms with Crippen LogP contribution in [-0.4, -0.2) is 79.5 Å². The van der Waals surface area contributed by atoms with Gasteiger partial charge in [-0.3, -0.25) is 9.36 Å². The minimum atomic E-state index is -1.06. The van der Waals surface area contributed by atoms with Crippen LogP contribution in [0.15, 0.2) is 42.6 Å². The Kier molecular flexibility index (Phi) is 8.11. The fraction of sp³-hybridized carbons (Fsp3) is 0.419. The number of carbonyl (C=O) groups is 1. The van der Waals surface area contributed by atoms with Crippen molar-refractivity contribution in [2.75, 3.05) is 36.0 Å². The summed E-state index contributed by atoms with van der Waals surface area (Å²) in [7, 11) is 0. The van der Waals surface area contributed by atoms with Gasteiger partial charge in [0.15, 0.2) is 17.0 Å². The van der Waals surface area contributed by atoms with Crippen molar-refractivity contribution in [3.05, 3.63) is 53.3 Å². The molecule has 3 N–H and O–H groups in total. The summed E-state index contributed by atoms with van der Waals surface area (Å²) in [6, 6.07) is 12.8. The average Bonchev–Trinajstić information content (AvgIpc) is 3.66.